The summed E-state index contributed by atoms with van der Waals surface area (Å²) >= 11 is 0. The minimum atomic E-state index is -1.96. The van der Waals surface area contributed by atoms with E-state index in [1.807, 2.05) is 24.3 Å². The van der Waals surface area contributed by atoms with Crippen molar-refractivity contribution in [3.05, 3.63) is 29.8 Å². The van der Waals surface area contributed by atoms with Crippen molar-refractivity contribution in [2.45, 2.75) is 64.8 Å². The van der Waals surface area contributed by atoms with Crippen LogP contribution in [0.15, 0.2) is 24.3 Å². The Bertz CT molecular complexity index is 486. The molecule has 0 aliphatic rings. The lowest BCUT2D eigenvalue weighted by Gasteiger charge is -2.38. The molecule has 0 radical (unpaired) electrons. The summed E-state index contributed by atoms with van der Waals surface area (Å²) in [6.45, 7) is 13.1. The molecule has 0 saturated carbocycles. The van der Waals surface area contributed by atoms with Gasteiger partial charge in [-0.3, -0.25) is 4.79 Å². The first-order valence-corrected chi connectivity index (χ1v) is 10.9. The van der Waals surface area contributed by atoms with Gasteiger partial charge in [-0.05, 0) is 48.8 Å². The first-order chi connectivity index (χ1) is 10.1. The molecule has 22 heavy (non-hydrogen) atoms. The van der Waals surface area contributed by atoms with Crippen LogP contribution in [0.3, 0.4) is 0 Å². The largest absolute Gasteiger partial charge is 0.497 e. The zero-order valence-corrected chi connectivity index (χ0v) is 16.0. The van der Waals surface area contributed by atoms with E-state index in [1.165, 1.54) is 0 Å². The van der Waals surface area contributed by atoms with Crippen LogP contribution in [-0.4, -0.2) is 27.3 Å². The summed E-state index contributed by atoms with van der Waals surface area (Å²) in [5.41, 5.74) is 0.693. The highest BCUT2D eigenvalue weighted by Crippen LogP contribution is 2.38. The SMILES string of the molecule is CCCC(O[Si](C)(C)C(C)(C)C)C(=O)c1ccc(OC)cc1. The number of carbonyl (C=O) groups excluding carboxylic acids is 1. The number of benzene rings is 1. The topological polar surface area (TPSA) is 35.5 Å². The van der Waals surface area contributed by atoms with Gasteiger partial charge >= 0.3 is 0 Å². The predicted octanol–water partition coefficient (Wildman–Crippen LogP) is 5.07. The quantitative estimate of drug-likeness (QED) is 0.519. The Morgan fingerprint density at radius 2 is 1.73 bits per heavy atom. The van der Waals surface area contributed by atoms with Crippen LogP contribution >= 0.6 is 0 Å². The molecule has 0 bridgehead atoms. The predicted molar refractivity (Wildman–Crippen MR) is 94.3 cm³/mol. The maximum atomic E-state index is 12.8. The molecule has 124 valence electrons. The number of methoxy groups -OCH3 is 1. The molecule has 3 nitrogen and oxygen atoms in total. The average Bonchev–Trinajstić information content (AvgIpc) is 2.45. The van der Waals surface area contributed by atoms with Gasteiger partial charge in [0.15, 0.2) is 14.1 Å². The van der Waals surface area contributed by atoms with E-state index in [-0.39, 0.29) is 16.9 Å². The lowest BCUT2D eigenvalue weighted by atomic mass is 10.0. The van der Waals surface area contributed by atoms with Gasteiger partial charge in [0.05, 0.1) is 7.11 Å². The maximum Gasteiger partial charge on any atom is 0.193 e. The average molecular weight is 323 g/mol. The molecule has 0 amide bonds. The van der Waals surface area contributed by atoms with Crippen LogP contribution in [0.5, 0.6) is 5.75 Å². The van der Waals surface area contributed by atoms with Crippen LogP contribution in [0.25, 0.3) is 0 Å². The summed E-state index contributed by atoms with van der Waals surface area (Å²) in [7, 11) is -0.342. The summed E-state index contributed by atoms with van der Waals surface area (Å²) in [5, 5.41) is 0.0964. The zero-order chi connectivity index (χ0) is 17.0. The van der Waals surface area contributed by atoms with E-state index >= 15 is 0 Å². The standard InChI is InChI=1S/C18H30O3Si/c1-8-9-16(21-22(6,7)18(2,3)4)17(19)14-10-12-15(20-5)13-11-14/h10-13,16H,8-9H2,1-7H3. The van der Waals surface area contributed by atoms with Crippen molar-refractivity contribution < 1.29 is 14.0 Å². The summed E-state index contributed by atoms with van der Waals surface area (Å²) in [6, 6.07) is 7.28. The fourth-order valence-electron chi connectivity index (χ4n) is 1.98. The van der Waals surface area contributed by atoms with E-state index in [0.29, 0.717) is 5.56 Å². The molecule has 1 rings (SSSR count). The second-order valence-electron chi connectivity index (χ2n) is 7.25. The van der Waals surface area contributed by atoms with Crippen molar-refractivity contribution in [3.8, 4) is 5.75 Å². The maximum absolute atomic E-state index is 12.8. The number of hydrogen-bond donors (Lipinski definition) is 0. The first-order valence-electron chi connectivity index (χ1n) is 7.98. The normalized spacial score (nSPS) is 13.8. The number of hydrogen-bond acceptors (Lipinski definition) is 3. The highest BCUT2D eigenvalue weighted by Gasteiger charge is 2.40. The molecule has 0 N–H and O–H groups in total. The number of carbonyl (C=O) groups is 1. The highest BCUT2D eigenvalue weighted by atomic mass is 28.4. The van der Waals surface area contributed by atoms with Crippen molar-refractivity contribution in [1.82, 2.24) is 0 Å². The van der Waals surface area contributed by atoms with Crippen LogP contribution in [0.2, 0.25) is 18.1 Å². The van der Waals surface area contributed by atoms with Crippen LogP contribution in [0, 0.1) is 0 Å². The van der Waals surface area contributed by atoms with Gasteiger partial charge in [-0.2, -0.15) is 0 Å². The van der Waals surface area contributed by atoms with Gasteiger partial charge in [0.1, 0.15) is 11.9 Å². The van der Waals surface area contributed by atoms with Crippen molar-refractivity contribution in [1.29, 1.82) is 0 Å². The van der Waals surface area contributed by atoms with E-state index in [2.05, 4.69) is 40.8 Å². The molecule has 0 aliphatic heterocycles. The summed E-state index contributed by atoms with van der Waals surface area (Å²) in [4.78, 5) is 12.8. The Kier molecular flexibility index (Phi) is 6.38. The van der Waals surface area contributed by atoms with E-state index in [4.69, 9.17) is 9.16 Å². The molecule has 1 atom stereocenters. The monoisotopic (exact) mass is 322 g/mol. The molecular weight excluding hydrogens is 292 g/mol. The lowest BCUT2D eigenvalue weighted by molar-refractivity contribution is 0.0750. The van der Waals surface area contributed by atoms with E-state index in [1.54, 1.807) is 7.11 Å². The molecule has 0 heterocycles. The highest BCUT2D eigenvalue weighted by molar-refractivity contribution is 6.74. The number of ether oxygens (including phenoxy) is 1. The van der Waals surface area contributed by atoms with Gasteiger partial charge in [-0.25, -0.2) is 0 Å². The molecule has 0 spiro atoms. The molecule has 1 aromatic carbocycles. The van der Waals surface area contributed by atoms with Gasteiger partial charge in [0.25, 0.3) is 0 Å². The first kappa shape index (κ1) is 18.9. The minimum absolute atomic E-state index is 0.0781. The number of ketones is 1. The fourth-order valence-corrected chi connectivity index (χ4v) is 3.27. The Balaban J connectivity index is 2.96. The van der Waals surface area contributed by atoms with Gasteiger partial charge in [-0.1, -0.05) is 34.1 Å². The van der Waals surface area contributed by atoms with Gasteiger partial charge in [-0.15, -0.1) is 0 Å². The van der Waals surface area contributed by atoms with Gasteiger partial charge in [0, 0.05) is 5.56 Å². The molecule has 0 aliphatic carbocycles. The summed E-state index contributed by atoms with van der Waals surface area (Å²) < 4.78 is 11.5. The van der Waals surface area contributed by atoms with Crippen LogP contribution in [-0.2, 0) is 4.43 Å². The van der Waals surface area contributed by atoms with Crippen molar-refractivity contribution in [2.75, 3.05) is 7.11 Å². The molecule has 1 aromatic rings. The second kappa shape index (κ2) is 7.42. The van der Waals surface area contributed by atoms with Crippen LogP contribution in [0.4, 0.5) is 0 Å². The second-order valence-corrected chi connectivity index (χ2v) is 12.0. The number of Topliss-reactive ketones (excluding diaryl/α,β-unsaturated/α-hetero) is 1. The van der Waals surface area contributed by atoms with E-state index < -0.39 is 8.32 Å². The third kappa shape index (κ3) is 4.68. The van der Waals surface area contributed by atoms with Crippen LogP contribution in [0.1, 0.15) is 50.9 Å². The Morgan fingerprint density at radius 1 is 1.18 bits per heavy atom. The van der Waals surface area contributed by atoms with Crippen molar-refractivity contribution >= 4 is 14.1 Å². The zero-order valence-electron chi connectivity index (χ0n) is 15.0. The minimum Gasteiger partial charge on any atom is -0.497 e. The van der Waals surface area contributed by atoms with Crippen molar-refractivity contribution in [2.24, 2.45) is 0 Å². The Hall–Kier alpha value is -1.13. The van der Waals surface area contributed by atoms with Gasteiger partial charge < -0.3 is 9.16 Å². The van der Waals surface area contributed by atoms with Gasteiger partial charge in [0.2, 0.25) is 0 Å². The molecule has 0 aromatic heterocycles. The lowest BCUT2D eigenvalue weighted by Crippen LogP contribution is -2.46. The van der Waals surface area contributed by atoms with Crippen molar-refractivity contribution in [3.63, 3.8) is 0 Å². The Morgan fingerprint density at radius 3 is 2.14 bits per heavy atom. The number of rotatable bonds is 7. The summed E-state index contributed by atoms with van der Waals surface area (Å²) in [5.74, 6) is 0.836. The summed E-state index contributed by atoms with van der Waals surface area (Å²) in [6.07, 6.45) is 1.35. The fraction of sp³-hybridized carbons (Fsp3) is 0.611. The third-order valence-corrected chi connectivity index (χ3v) is 8.95. The Labute approximate surface area is 136 Å². The third-order valence-electron chi connectivity index (χ3n) is 4.46. The smallest absolute Gasteiger partial charge is 0.193 e. The van der Waals surface area contributed by atoms with Crippen LogP contribution < -0.4 is 4.74 Å². The van der Waals surface area contributed by atoms with E-state index in [0.717, 1.165) is 18.6 Å². The molecule has 0 fully saturated rings. The molecular formula is C18H30O3Si. The van der Waals surface area contributed by atoms with E-state index in [9.17, 15) is 4.79 Å². The molecule has 1 unspecified atom stereocenters. The molecule has 4 heteroatoms. The molecule has 0 saturated heterocycles.